The van der Waals surface area contributed by atoms with Crippen LogP contribution in [0.25, 0.3) is 0 Å². The lowest BCUT2D eigenvalue weighted by molar-refractivity contribution is -0.118. The predicted octanol–water partition coefficient (Wildman–Crippen LogP) is 2.54. The Morgan fingerprint density at radius 1 is 1.59 bits per heavy atom. The molecule has 1 saturated heterocycles. The molecule has 1 unspecified atom stereocenters. The van der Waals surface area contributed by atoms with E-state index in [1.165, 1.54) is 0 Å². The molecule has 1 amide bonds. The third-order valence-electron chi connectivity index (χ3n) is 2.72. The van der Waals surface area contributed by atoms with Crippen molar-refractivity contribution in [2.24, 2.45) is 0 Å². The maximum absolute atomic E-state index is 11.7. The quantitative estimate of drug-likeness (QED) is 0.843. The number of carbonyl (C=O) groups is 1. The fraction of sp³-hybridized carbons (Fsp3) is 0.417. The number of ether oxygens (including phenoxy) is 1. The average Bonchev–Trinajstić information content (AvgIpc) is 2.75. The van der Waals surface area contributed by atoms with Gasteiger partial charge in [0.1, 0.15) is 0 Å². The van der Waals surface area contributed by atoms with Gasteiger partial charge in [0.25, 0.3) is 0 Å². The van der Waals surface area contributed by atoms with Crippen molar-refractivity contribution in [1.82, 2.24) is 0 Å². The number of anilines is 2. The van der Waals surface area contributed by atoms with E-state index in [4.69, 9.17) is 10.5 Å². The van der Waals surface area contributed by atoms with Crippen molar-refractivity contribution in [3.8, 4) is 0 Å². The third-order valence-corrected chi connectivity index (χ3v) is 3.22. The van der Waals surface area contributed by atoms with Gasteiger partial charge in [-0.1, -0.05) is 15.9 Å². The van der Waals surface area contributed by atoms with Gasteiger partial charge < -0.3 is 15.8 Å². The van der Waals surface area contributed by atoms with Crippen LogP contribution in [0.1, 0.15) is 19.3 Å². The highest BCUT2D eigenvalue weighted by atomic mass is 79.9. The normalized spacial score (nSPS) is 19.2. The highest BCUT2D eigenvalue weighted by Gasteiger charge is 2.19. The number of nitrogens with one attached hydrogen (secondary N) is 1. The molecule has 3 N–H and O–H groups in total. The molecule has 1 aliphatic rings. The van der Waals surface area contributed by atoms with Gasteiger partial charge in [0.15, 0.2) is 0 Å². The molecule has 1 heterocycles. The molecule has 5 heteroatoms. The second-order valence-electron chi connectivity index (χ2n) is 4.12. The highest BCUT2D eigenvalue weighted by molar-refractivity contribution is 9.10. The van der Waals surface area contributed by atoms with Gasteiger partial charge >= 0.3 is 0 Å². The Hall–Kier alpha value is -1.07. The van der Waals surface area contributed by atoms with Crippen molar-refractivity contribution in [2.75, 3.05) is 17.7 Å². The minimum atomic E-state index is -0.0501. The summed E-state index contributed by atoms with van der Waals surface area (Å²) in [5.74, 6) is -0.0501. The van der Waals surface area contributed by atoms with E-state index in [0.29, 0.717) is 17.8 Å². The third kappa shape index (κ3) is 3.44. The predicted molar refractivity (Wildman–Crippen MR) is 70.8 cm³/mol. The summed E-state index contributed by atoms with van der Waals surface area (Å²) in [7, 11) is 0. The van der Waals surface area contributed by atoms with Crippen molar-refractivity contribution in [3.05, 3.63) is 22.7 Å². The molecule has 0 saturated carbocycles. The summed E-state index contributed by atoms with van der Waals surface area (Å²) in [6, 6.07) is 5.40. The first-order valence-corrected chi connectivity index (χ1v) is 6.41. The number of nitrogen functional groups attached to an aromatic ring is 1. The largest absolute Gasteiger partial charge is 0.397 e. The first-order valence-electron chi connectivity index (χ1n) is 5.61. The number of hydrogen-bond acceptors (Lipinski definition) is 3. The van der Waals surface area contributed by atoms with Gasteiger partial charge in [-0.15, -0.1) is 0 Å². The number of rotatable bonds is 3. The topological polar surface area (TPSA) is 64.3 Å². The van der Waals surface area contributed by atoms with Gasteiger partial charge in [0, 0.05) is 11.1 Å². The molecule has 4 nitrogen and oxygen atoms in total. The van der Waals surface area contributed by atoms with Crippen molar-refractivity contribution in [2.45, 2.75) is 25.4 Å². The fourth-order valence-corrected chi connectivity index (χ4v) is 2.24. The Bertz CT molecular complexity index is 417. The molecule has 92 valence electrons. The van der Waals surface area contributed by atoms with E-state index in [9.17, 15) is 4.79 Å². The van der Waals surface area contributed by atoms with Crippen LogP contribution in [0.2, 0.25) is 0 Å². The van der Waals surface area contributed by atoms with Crippen LogP contribution in [0, 0.1) is 0 Å². The molecule has 2 rings (SSSR count). The summed E-state index contributed by atoms with van der Waals surface area (Å²) in [6.07, 6.45) is 2.46. The van der Waals surface area contributed by atoms with E-state index in [-0.39, 0.29) is 12.0 Å². The van der Waals surface area contributed by atoms with Gasteiger partial charge in [-0.25, -0.2) is 0 Å². The number of hydrogen-bond donors (Lipinski definition) is 2. The summed E-state index contributed by atoms with van der Waals surface area (Å²) >= 11 is 3.32. The van der Waals surface area contributed by atoms with Crippen molar-refractivity contribution < 1.29 is 9.53 Å². The maximum Gasteiger partial charge on any atom is 0.227 e. The monoisotopic (exact) mass is 298 g/mol. The van der Waals surface area contributed by atoms with Crippen LogP contribution < -0.4 is 11.1 Å². The Balaban J connectivity index is 1.93. The number of nitrogens with two attached hydrogens (primary N) is 1. The van der Waals surface area contributed by atoms with Crippen LogP contribution in [-0.2, 0) is 9.53 Å². The summed E-state index contributed by atoms with van der Waals surface area (Å²) in [5.41, 5.74) is 7.01. The maximum atomic E-state index is 11.7. The standard InChI is InChI=1S/C12H15BrN2O2/c13-8-3-4-11(10(14)6-8)15-12(16)7-9-2-1-5-17-9/h3-4,6,9H,1-2,5,7,14H2,(H,15,16). The lowest BCUT2D eigenvalue weighted by Gasteiger charge is -2.11. The molecule has 0 aliphatic carbocycles. The zero-order chi connectivity index (χ0) is 12.3. The van der Waals surface area contributed by atoms with Crippen LogP contribution in [0.5, 0.6) is 0 Å². The van der Waals surface area contributed by atoms with Gasteiger partial charge in [-0.05, 0) is 31.0 Å². The van der Waals surface area contributed by atoms with E-state index in [0.717, 1.165) is 23.9 Å². The van der Waals surface area contributed by atoms with Crippen LogP contribution in [0.4, 0.5) is 11.4 Å². The minimum Gasteiger partial charge on any atom is -0.397 e. The molecule has 0 bridgehead atoms. The van der Waals surface area contributed by atoms with E-state index in [1.54, 1.807) is 12.1 Å². The fourth-order valence-electron chi connectivity index (χ4n) is 1.86. The van der Waals surface area contributed by atoms with Crippen LogP contribution in [0.15, 0.2) is 22.7 Å². The van der Waals surface area contributed by atoms with Gasteiger partial charge in [0.05, 0.1) is 23.9 Å². The van der Waals surface area contributed by atoms with Crippen molar-refractivity contribution in [3.63, 3.8) is 0 Å². The molecule has 1 aromatic rings. The molecule has 0 radical (unpaired) electrons. The number of carbonyl (C=O) groups excluding carboxylic acids is 1. The summed E-state index contributed by atoms with van der Waals surface area (Å²) in [5, 5.41) is 2.80. The van der Waals surface area contributed by atoms with E-state index >= 15 is 0 Å². The van der Waals surface area contributed by atoms with E-state index in [2.05, 4.69) is 21.2 Å². The summed E-state index contributed by atoms with van der Waals surface area (Å²) < 4.78 is 6.31. The first-order chi connectivity index (χ1) is 8.15. The van der Waals surface area contributed by atoms with Crippen LogP contribution in [0.3, 0.4) is 0 Å². The van der Waals surface area contributed by atoms with Crippen LogP contribution in [-0.4, -0.2) is 18.6 Å². The molecule has 0 aromatic heterocycles. The second-order valence-corrected chi connectivity index (χ2v) is 5.03. The first kappa shape index (κ1) is 12.4. The van der Waals surface area contributed by atoms with E-state index in [1.807, 2.05) is 6.07 Å². The minimum absolute atomic E-state index is 0.0501. The lowest BCUT2D eigenvalue weighted by Crippen LogP contribution is -2.19. The van der Waals surface area contributed by atoms with Gasteiger partial charge in [0.2, 0.25) is 5.91 Å². The number of benzene rings is 1. The Kier molecular flexibility index (Phi) is 4.02. The second kappa shape index (κ2) is 5.51. The van der Waals surface area contributed by atoms with Crippen LogP contribution >= 0.6 is 15.9 Å². The molecule has 0 spiro atoms. The van der Waals surface area contributed by atoms with E-state index < -0.39 is 0 Å². The average molecular weight is 299 g/mol. The zero-order valence-corrected chi connectivity index (χ0v) is 11.0. The lowest BCUT2D eigenvalue weighted by atomic mass is 10.1. The molecular formula is C12H15BrN2O2. The SMILES string of the molecule is Nc1cc(Br)ccc1NC(=O)CC1CCCO1. The molecule has 1 atom stereocenters. The van der Waals surface area contributed by atoms with Gasteiger partial charge in [-0.2, -0.15) is 0 Å². The van der Waals surface area contributed by atoms with Gasteiger partial charge in [-0.3, -0.25) is 4.79 Å². The molecule has 1 aromatic carbocycles. The molecule has 1 fully saturated rings. The van der Waals surface area contributed by atoms with Crippen molar-refractivity contribution >= 4 is 33.2 Å². The number of amides is 1. The molecular weight excluding hydrogens is 284 g/mol. The smallest absolute Gasteiger partial charge is 0.227 e. The zero-order valence-electron chi connectivity index (χ0n) is 9.41. The molecule has 1 aliphatic heterocycles. The Labute approximate surface area is 109 Å². The van der Waals surface area contributed by atoms with Crippen molar-refractivity contribution in [1.29, 1.82) is 0 Å². The summed E-state index contributed by atoms with van der Waals surface area (Å²) in [4.78, 5) is 11.7. The number of halogens is 1. The highest BCUT2D eigenvalue weighted by Crippen LogP contribution is 2.23. The molecule has 17 heavy (non-hydrogen) atoms. The summed E-state index contributed by atoms with van der Waals surface area (Å²) in [6.45, 7) is 0.762. The Morgan fingerprint density at radius 3 is 3.06 bits per heavy atom. The Morgan fingerprint density at radius 2 is 2.41 bits per heavy atom.